The van der Waals surface area contributed by atoms with Gasteiger partial charge in [0.2, 0.25) is 0 Å². The molecule has 0 aromatic rings. The lowest BCUT2D eigenvalue weighted by Gasteiger charge is -2.28. The third-order valence-corrected chi connectivity index (χ3v) is 3.21. The van der Waals surface area contributed by atoms with E-state index in [0.29, 0.717) is 32.7 Å². The van der Waals surface area contributed by atoms with Crippen molar-refractivity contribution >= 4 is 12.0 Å². The van der Waals surface area contributed by atoms with Crippen LogP contribution in [0, 0.1) is 5.41 Å². The van der Waals surface area contributed by atoms with E-state index in [0.717, 1.165) is 0 Å². The first-order valence-corrected chi connectivity index (χ1v) is 6.08. The molecule has 2 amide bonds. The molecule has 1 rings (SSSR count). The molecule has 0 saturated carbocycles. The van der Waals surface area contributed by atoms with E-state index in [4.69, 9.17) is 9.84 Å². The predicted molar refractivity (Wildman–Crippen MR) is 65.0 cm³/mol. The van der Waals surface area contributed by atoms with Gasteiger partial charge in [-0.3, -0.25) is 10.2 Å². The molecular formula is C11H21N3O4. The lowest BCUT2D eigenvalue weighted by Crippen LogP contribution is -2.53. The summed E-state index contributed by atoms with van der Waals surface area (Å²) in [5, 5.41) is 13.4. The van der Waals surface area contributed by atoms with Gasteiger partial charge in [0.05, 0.1) is 18.6 Å². The van der Waals surface area contributed by atoms with Crippen LogP contribution >= 0.6 is 0 Å². The van der Waals surface area contributed by atoms with Gasteiger partial charge in [0.1, 0.15) is 0 Å². The van der Waals surface area contributed by atoms with Crippen LogP contribution in [0.5, 0.6) is 0 Å². The highest BCUT2D eigenvalue weighted by Gasteiger charge is 2.31. The Morgan fingerprint density at radius 3 is 2.50 bits per heavy atom. The summed E-state index contributed by atoms with van der Waals surface area (Å²) in [5.74, 6) is -0.906. The zero-order valence-electron chi connectivity index (χ0n) is 10.9. The van der Waals surface area contributed by atoms with Crippen molar-refractivity contribution < 1.29 is 19.4 Å². The molecule has 0 aliphatic carbocycles. The largest absolute Gasteiger partial charge is 0.481 e. The Morgan fingerprint density at radius 2 is 2.00 bits per heavy atom. The van der Waals surface area contributed by atoms with Gasteiger partial charge in [-0.25, -0.2) is 9.80 Å². The summed E-state index contributed by atoms with van der Waals surface area (Å²) in [6, 6.07) is -0.377. The van der Waals surface area contributed by atoms with Crippen LogP contribution in [-0.4, -0.2) is 55.0 Å². The number of ether oxygens (including phenoxy) is 1. The number of aliphatic carboxylic acids is 1. The van der Waals surface area contributed by atoms with Gasteiger partial charge < -0.3 is 15.2 Å². The van der Waals surface area contributed by atoms with Crippen molar-refractivity contribution in [2.45, 2.75) is 20.3 Å². The number of hydrazine groups is 1. The molecule has 1 heterocycles. The summed E-state index contributed by atoms with van der Waals surface area (Å²) in [7, 11) is 0. The Balaban J connectivity index is 2.33. The Hall–Kier alpha value is -1.34. The first-order chi connectivity index (χ1) is 8.48. The summed E-state index contributed by atoms with van der Waals surface area (Å²) in [4.78, 5) is 22.7. The summed E-state index contributed by atoms with van der Waals surface area (Å²) in [5.41, 5.74) is 1.74. The van der Waals surface area contributed by atoms with Gasteiger partial charge in [-0.15, -0.1) is 0 Å². The number of amides is 2. The van der Waals surface area contributed by atoms with Gasteiger partial charge >= 0.3 is 12.0 Å². The van der Waals surface area contributed by atoms with Crippen LogP contribution < -0.4 is 10.7 Å². The Bertz CT molecular complexity index is 305. The van der Waals surface area contributed by atoms with Gasteiger partial charge in [-0.2, -0.15) is 0 Å². The molecule has 0 spiro atoms. The highest BCUT2D eigenvalue weighted by molar-refractivity contribution is 5.77. The number of nitrogens with one attached hydrogen (secondary N) is 2. The number of carboxylic acid groups (broad SMARTS) is 1. The van der Waals surface area contributed by atoms with Gasteiger partial charge in [0, 0.05) is 19.6 Å². The zero-order valence-corrected chi connectivity index (χ0v) is 10.9. The monoisotopic (exact) mass is 259 g/mol. The topological polar surface area (TPSA) is 90.9 Å². The molecule has 1 saturated heterocycles. The molecule has 7 nitrogen and oxygen atoms in total. The van der Waals surface area contributed by atoms with E-state index in [1.165, 1.54) is 0 Å². The van der Waals surface area contributed by atoms with E-state index < -0.39 is 11.4 Å². The number of carbonyl (C=O) groups is 2. The second-order valence-corrected chi connectivity index (χ2v) is 4.61. The van der Waals surface area contributed by atoms with E-state index in [1.807, 2.05) is 0 Å². The van der Waals surface area contributed by atoms with E-state index in [2.05, 4.69) is 10.7 Å². The Morgan fingerprint density at radius 1 is 1.39 bits per heavy atom. The van der Waals surface area contributed by atoms with Crippen molar-refractivity contribution in [2.75, 3.05) is 32.8 Å². The van der Waals surface area contributed by atoms with Gasteiger partial charge in [0.25, 0.3) is 0 Å². The summed E-state index contributed by atoms with van der Waals surface area (Å²) in [6.45, 7) is 5.95. The van der Waals surface area contributed by atoms with Crippen LogP contribution in [-0.2, 0) is 9.53 Å². The van der Waals surface area contributed by atoms with E-state index >= 15 is 0 Å². The first-order valence-electron chi connectivity index (χ1n) is 6.08. The second-order valence-electron chi connectivity index (χ2n) is 4.61. The zero-order chi connectivity index (χ0) is 13.6. The fourth-order valence-corrected chi connectivity index (χ4v) is 1.49. The summed E-state index contributed by atoms with van der Waals surface area (Å²) >= 11 is 0. The molecule has 7 heteroatoms. The lowest BCUT2D eigenvalue weighted by atomic mass is 9.88. The first kappa shape index (κ1) is 14.7. The van der Waals surface area contributed by atoms with E-state index in [1.54, 1.807) is 18.9 Å². The maximum Gasteiger partial charge on any atom is 0.329 e. The lowest BCUT2D eigenvalue weighted by molar-refractivity contribution is -0.147. The van der Waals surface area contributed by atoms with Crippen molar-refractivity contribution in [1.82, 2.24) is 15.8 Å². The molecule has 1 atom stereocenters. The molecule has 18 heavy (non-hydrogen) atoms. The van der Waals surface area contributed by atoms with Crippen molar-refractivity contribution in [3.8, 4) is 0 Å². The maximum atomic E-state index is 11.6. The number of urea groups is 1. The maximum absolute atomic E-state index is 11.6. The molecule has 0 aromatic heterocycles. The van der Waals surface area contributed by atoms with Gasteiger partial charge in [-0.1, -0.05) is 6.92 Å². The molecule has 3 N–H and O–H groups in total. The van der Waals surface area contributed by atoms with Crippen molar-refractivity contribution in [3.63, 3.8) is 0 Å². The Labute approximate surface area is 106 Å². The molecule has 0 bridgehead atoms. The number of rotatable bonds is 5. The summed E-state index contributed by atoms with van der Waals surface area (Å²) < 4.78 is 5.15. The van der Waals surface area contributed by atoms with Crippen molar-refractivity contribution in [3.05, 3.63) is 0 Å². The number of carbonyl (C=O) groups excluding carboxylic acids is 1. The predicted octanol–water partition coefficient (Wildman–Crippen LogP) is 0.0337. The van der Waals surface area contributed by atoms with Crippen LogP contribution in [0.15, 0.2) is 0 Å². The molecule has 1 aliphatic rings. The highest BCUT2D eigenvalue weighted by atomic mass is 16.5. The van der Waals surface area contributed by atoms with Crippen LogP contribution in [0.3, 0.4) is 0 Å². The second kappa shape index (κ2) is 6.55. The molecule has 104 valence electrons. The SMILES string of the molecule is CCC(C)(CNC(=O)NN1CCOCC1)C(=O)O. The van der Waals surface area contributed by atoms with E-state index in [9.17, 15) is 9.59 Å². The molecular weight excluding hydrogens is 238 g/mol. The number of nitrogens with zero attached hydrogens (tertiary/aromatic N) is 1. The average molecular weight is 259 g/mol. The van der Waals surface area contributed by atoms with Gasteiger partial charge in [0.15, 0.2) is 0 Å². The minimum Gasteiger partial charge on any atom is -0.481 e. The van der Waals surface area contributed by atoms with E-state index in [-0.39, 0.29) is 12.6 Å². The third kappa shape index (κ3) is 4.15. The molecule has 0 radical (unpaired) electrons. The van der Waals surface area contributed by atoms with Crippen LogP contribution in [0.4, 0.5) is 4.79 Å². The smallest absolute Gasteiger partial charge is 0.329 e. The number of carboxylic acids is 1. The normalized spacial score (nSPS) is 19.9. The number of morpholine rings is 1. The standard InChI is InChI=1S/C11H21N3O4/c1-3-11(2,9(15)16)8-12-10(17)13-14-4-6-18-7-5-14/h3-8H2,1-2H3,(H,15,16)(H2,12,13,17). The number of hydrogen-bond donors (Lipinski definition) is 3. The number of hydrogen-bond acceptors (Lipinski definition) is 4. The van der Waals surface area contributed by atoms with Crippen LogP contribution in [0.2, 0.25) is 0 Å². The fraction of sp³-hybridized carbons (Fsp3) is 0.818. The van der Waals surface area contributed by atoms with Crippen LogP contribution in [0.1, 0.15) is 20.3 Å². The minimum absolute atomic E-state index is 0.106. The average Bonchev–Trinajstić information content (AvgIpc) is 2.37. The molecule has 1 fully saturated rings. The quantitative estimate of drug-likeness (QED) is 0.648. The fourth-order valence-electron chi connectivity index (χ4n) is 1.49. The third-order valence-electron chi connectivity index (χ3n) is 3.21. The molecule has 1 unspecified atom stereocenters. The summed E-state index contributed by atoms with van der Waals surface area (Å²) in [6.07, 6.45) is 0.458. The van der Waals surface area contributed by atoms with Gasteiger partial charge in [-0.05, 0) is 13.3 Å². The minimum atomic E-state index is -0.928. The Kier molecular flexibility index (Phi) is 5.36. The van der Waals surface area contributed by atoms with Crippen molar-refractivity contribution in [1.29, 1.82) is 0 Å². The molecule has 0 aromatic carbocycles. The highest BCUT2D eigenvalue weighted by Crippen LogP contribution is 2.19. The van der Waals surface area contributed by atoms with Crippen molar-refractivity contribution in [2.24, 2.45) is 5.41 Å². The van der Waals surface area contributed by atoms with Crippen LogP contribution in [0.25, 0.3) is 0 Å². The molecule has 1 aliphatic heterocycles.